The molecular weight excluding hydrogens is 385 g/mol. The van der Waals surface area contributed by atoms with E-state index in [2.05, 4.69) is 10.1 Å². The van der Waals surface area contributed by atoms with Gasteiger partial charge in [0, 0.05) is 18.2 Å². The number of halogens is 1. The zero-order chi connectivity index (χ0) is 21.3. The number of aryl methyl sites for hydroxylation is 2. The number of carbonyl (C=O) groups excluding carboxylic acids is 2. The van der Waals surface area contributed by atoms with E-state index >= 15 is 0 Å². The van der Waals surface area contributed by atoms with Gasteiger partial charge in [0.05, 0.1) is 22.3 Å². The number of carbonyl (C=O) groups is 2. The number of pyridine rings is 1. The lowest BCUT2D eigenvalue weighted by atomic mass is 10.1. The fraction of sp³-hybridized carbons (Fsp3) is 0.130. The molecule has 2 heterocycles. The Labute approximate surface area is 171 Å². The summed E-state index contributed by atoms with van der Waals surface area (Å²) in [6, 6.07) is 16.2. The average molecular weight is 403 g/mol. The highest BCUT2D eigenvalue weighted by molar-refractivity contribution is 6.06. The molecule has 6 nitrogen and oxygen atoms in total. The van der Waals surface area contributed by atoms with Crippen LogP contribution >= 0.6 is 0 Å². The molecule has 4 aromatic rings. The van der Waals surface area contributed by atoms with Gasteiger partial charge in [-0.1, -0.05) is 30.3 Å². The Morgan fingerprint density at radius 1 is 1.07 bits per heavy atom. The number of esters is 1. The zero-order valence-corrected chi connectivity index (χ0v) is 16.4. The SMILES string of the molecule is Cc1nn(C)c2nc(-c3ccccc3)cc(C(=O)OCC(=O)c3ccc(F)cc3)c12. The first-order valence-corrected chi connectivity index (χ1v) is 9.29. The summed E-state index contributed by atoms with van der Waals surface area (Å²) in [6.07, 6.45) is 0. The summed E-state index contributed by atoms with van der Waals surface area (Å²) in [7, 11) is 1.75. The summed E-state index contributed by atoms with van der Waals surface area (Å²) in [5, 5.41) is 4.94. The minimum absolute atomic E-state index is 0.270. The first-order valence-electron chi connectivity index (χ1n) is 9.29. The van der Waals surface area contributed by atoms with Crippen LogP contribution in [0.15, 0.2) is 60.7 Å². The predicted molar refractivity (Wildman–Crippen MR) is 110 cm³/mol. The second-order valence-corrected chi connectivity index (χ2v) is 6.83. The van der Waals surface area contributed by atoms with Gasteiger partial charge in [0.2, 0.25) is 0 Å². The molecule has 2 aromatic heterocycles. The van der Waals surface area contributed by atoms with E-state index in [0.29, 0.717) is 22.4 Å². The van der Waals surface area contributed by atoms with Crippen molar-refractivity contribution in [3.8, 4) is 11.3 Å². The molecule has 2 aromatic carbocycles. The summed E-state index contributed by atoms with van der Waals surface area (Å²) < 4.78 is 19.9. The number of nitrogens with zero attached hydrogens (tertiary/aromatic N) is 3. The minimum atomic E-state index is -0.647. The van der Waals surface area contributed by atoms with E-state index in [9.17, 15) is 14.0 Å². The summed E-state index contributed by atoms with van der Waals surface area (Å²) in [5.41, 5.74) is 3.18. The zero-order valence-electron chi connectivity index (χ0n) is 16.4. The van der Waals surface area contributed by atoms with Crippen LogP contribution in [0.1, 0.15) is 26.4 Å². The number of benzene rings is 2. The summed E-state index contributed by atoms with van der Waals surface area (Å²) in [6.45, 7) is 1.33. The van der Waals surface area contributed by atoms with Crippen molar-refractivity contribution in [2.45, 2.75) is 6.92 Å². The lowest BCUT2D eigenvalue weighted by Gasteiger charge is -2.09. The van der Waals surface area contributed by atoms with Gasteiger partial charge in [-0.25, -0.2) is 14.2 Å². The largest absolute Gasteiger partial charge is 0.454 e. The highest BCUT2D eigenvalue weighted by Gasteiger charge is 2.21. The molecule has 0 radical (unpaired) electrons. The lowest BCUT2D eigenvalue weighted by Crippen LogP contribution is -2.15. The van der Waals surface area contributed by atoms with Crippen molar-refractivity contribution in [3.63, 3.8) is 0 Å². The number of hydrogen-bond acceptors (Lipinski definition) is 5. The summed E-state index contributed by atoms with van der Waals surface area (Å²) in [5.74, 6) is -1.51. The van der Waals surface area contributed by atoms with Gasteiger partial charge >= 0.3 is 5.97 Å². The Balaban J connectivity index is 1.67. The van der Waals surface area contributed by atoms with E-state index in [1.54, 1.807) is 24.7 Å². The minimum Gasteiger partial charge on any atom is -0.454 e. The number of aromatic nitrogens is 3. The average Bonchev–Trinajstić information content (AvgIpc) is 3.06. The van der Waals surface area contributed by atoms with Crippen LogP contribution < -0.4 is 0 Å². The van der Waals surface area contributed by atoms with Crippen molar-refractivity contribution in [3.05, 3.63) is 83.3 Å². The predicted octanol–water partition coefficient (Wildman–Crippen LogP) is 4.12. The first-order chi connectivity index (χ1) is 14.4. The van der Waals surface area contributed by atoms with E-state index in [4.69, 9.17) is 4.74 Å². The molecule has 0 atom stereocenters. The van der Waals surface area contributed by atoms with Gasteiger partial charge in [0.15, 0.2) is 18.0 Å². The van der Waals surface area contributed by atoms with Gasteiger partial charge in [0.1, 0.15) is 5.82 Å². The Morgan fingerprint density at radius 3 is 2.47 bits per heavy atom. The highest BCUT2D eigenvalue weighted by atomic mass is 19.1. The van der Waals surface area contributed by atoms with Gasteiger partial charge in [-0.2, -0.15) is 5.10 Å². The number of Topliss-reactive ketones (excluding diaryl/α,β-unsaturated/α-hetero) is 1. The van der Waals surface area contributed by atoms with Crippen LogP contribution in [0, 0.1) is 12.7 Å². The number of rotatable bonds is 5. The molecule has 0 N–H and O–H groups in total. The molecule has 0 amide bonds. The van der Waals surface area contributed by atoms with Crippen LogP contribution in [0.25, 0.3) is 22.3 Å². The van der Waals surface area contributed by atoms with Gasteiger partial charge < -0.3 is 4.74 Å². The number of ketones is 1. The maximum atomic E-state index is 13.0. The summed E-state index contributed by atoms with van der Waals surface area (Å²) >= 11 is 0. The Kier molecular flexibility index (Phi) is 5.10. The van der Waals surface area contributed by atoms with Gasteiger partial charge in [-0.15, -0.1) is 0 Å². The third kappa shape index (κ3) is 3.69. The first kappa shape index (κ1) is 19.4. The van der Waals surface area contributed by atoms with E-state index in [1.807, 2.05) is 30.3 Å². The van der Waals surface area contributed by atoms with Crippen molar-refractivity contribution >= 4 is 22.8 Å². The molecule has 0 fully saturated rings. The Bertz CT molecular complexity index is 1250. The third-order valence-electron chi connectivity index (χ3n) is 4.76. The van der Waals surface area contributed by atoms with E-state index in [-0.39, 0.29) is 11.1 Å². The molecule has 0 spiro atoms. The molecule has 0 aliphatic carbocycles. The second-order valence-electron chi connectivity index (χ2n) is 6.83. The van der Waals surface area contributed by atoms with Crippen LogP contribution in [0.3, 0.4) is 0 Å². The summed E-state index contributed by atoms with van der Waals surface area (Å²) in [4.78, 5) is 29.8. The van der Waals surface area contributed by atoms with E-state index in [1.165, 1.54) is 24.3 Å². The molecule has 0 saturated heterocycles. The topological polar surface area (TPSA) is 74.1 Å². The number of hydrogen-bond donors (Lipinski definition) is 0. The van der Waals surface area contributed by atoms with Gasteiger partial charge in [0.25, 0.3) is 0 Å². The second kappa shape index (κ2) is 7.87. The van der Waals surface area contributed by atoms with Crippen molar-refractivity contribution in [1.29, 1.82) is 0 Å². The molecule has 150 valence electrons. The molecule has 0 unspecified atom stereocenters. The lowest BCUT2D eigenvalue weighted by molar-refractivity contribution is 0.0476. The molecule has 7 heteroatoms. The van der Waals surface area contributed by atoms with Crippen LogP contribution in [-0.2, 0) is 11.8 Å². The van der Waals surface area contributed by atoms with E-state index in [0.717, 1.165) is 5.56 Å². The maximum Gasteiger partial charge on any atom is 0.339 e. The molecular formula is C23H18FN3O3. The number of ether oxygens (including phenoxy) is 1. The molecule has 30 heavy (non-hydrogen) atoms. The normalized spacial score (nSPS) is 10.9. The smallest absolute Gasteiger partial charge is 0.339 e. The third-order valence-corrected chi connectivity index (χ3v) is 4.76. The molecule has 0 bridgehead atoms. The standard InChI is InChI=1S/C23H18FN3O3/c1-14-21-18(23(29)30-13-20(28)16-8-10-17(24)11-9-16)12-19(15-6-4-3-5-7-15)25-22(21)27(2)26-14/h3-12H,13H2,1-2H3. The van der Waals surface area contributed by atoms with Crippen LogP contribution in [0.5, 0.6) is 0 Å². The van der Waals surface area contributed by atoms with Crippen molar-refractivity contribution in [2.24, 2.45) is 7.05 Å². The van der Waals surface area contributed by atoms with Crippen LogP contribution in [-0.4, -0.2) is 33.1 Å². The van der Waals surface area contributed by atoms with Crippen molar-refractivity contribution < 1.29 is 18.7 Å². The fourth-order valence-electron chi connectivity index (χ4n) is 3.29. The van der Waals surface area contributed by atoms with Crippen molar-refractivity contribution in [2.75, 3.05) is 6.61 Å². The highest BCUT2D eigenvalue weighted by Crippen LogP contribution is 2.27. The molecule has 4 rings (SSSR count). The Morgan fingerprint density at radius 2 is 1.77 bits per heavy atom. The monoisotopic (exact) mass is 403 g/mol. The number of fused-ring (bicyclic) bond motifs is 1. The van der Waals surface area contributed by atoms with Crippen LogP contribution in [0.2, 0.25) is 0 Å². The van der Waals surface area contributed by atoms with Crippen molar-refractivity contribution in [1.82, 2.24) is 14.8 Å². The van der Waals surface area contributed by atoms with Gasteiger partial charge in [-0.3, -0.25) is 9.48 Å². The fourth-order valence-corrected chi connectivity index (χ4v) is 3.29. The van der Waals surface area contributed by atoms with Crippen LogP contribution in [0.4, 0.5) is 4.39 Å². The molecule has 0 aliphatic rings. The maximum absolute atomic E-state index is 13.0. The quantitative estimate of drug-likeness (QED) is 0.370. The molecule has 0 aliphatic heterocycles. The Hall–Kier alpha value is -3.87. The van der Waals surface area contributed by atoms with Gasteiger partial charge in [-0.05, 0) is 37.3 Å². The molecule has 0 saturated carbocycles. The van der Waals surface area contributed by atoms with E-state index < -0.39 is 24.2 Å².